The minimum absolute atomic E-state index is 0.0909. The first-order valence-corrected chi connectivity index (χ1v) is 7.35. The van der Waals surface area contributed by atoms with Crippen molar-refractivity contribution in [2.45, 2.75) is 18.9 Å². The zero-order chi connectivity index (χ0) is 14.7. The van der Waals surface area contributed by atoms with Gasteiger partial charge in [0.1, 0.15) is 12.4 Å². The molecule has 110 valence electrons. The fraction of sp³-hybridized carbons (Fsp3) is 0.333. The van der Waals surface area contributed by atoms with Gasteiger partial charge >= 0.3 is 0 Å². The summed E-state index contributed by atoms with van der Waals surface area (Å²) in [5.41, 5.74) is 8.07. The van der Waals surface area contributed by atoms with Crippen molar-refractivity contribution in [2.24, 2.45) is 11.1 Å². The van der Waals surface area contributed by atoms with Gasteiger partial charge < -0.3 is 15.6 Å². The molecule has 0 bridgehead atoms. The Morgan fingerprint density at radius 2 is 1.81 bits per heavy atom. The highest BCUT2D eigenvalue weighted by Gasteiger charge is 2.53. The monoisotopic (exact) mass is 283 g/mol. The van der Waals surface area contributed by atoms with Gasteiger partial charge in [-0.3, -0.25) is 0 Å². The molecule has 1 aliphatic rings. The summed E-state index contributed by atoms with van der Waals surface area (Å²) in [5.74, 6) is 1.25. The first kappa shape index (κ1) is 14.1. The summed E-state index contributed by atoms with van der Waals surface area (Å²) in [7, 11) is 0. The quantitative estimate of drug-likeness (QED) is 0.857. The lowest BCUT2D eigenvalue weighted by atomic mass is 10.00. The average molecular weight is 283 g/mol. The summed E-state index contributed by atoms with van der Waals surface area (Å²) in [6.45, 7) is 1.29. The van der Waals surface area contributed by atoms with Crippen LogP contribution in [0.4, 0.5) is 0 Å². The predicted molar refractivity (Wildman–Crippen MR) is 83.1 cm³/mol. The van der Waals surface area contributed by atoms with Gasteiger partial charge in [0, 0.05) is 12.0 Å². The average Bonchev–Trinajstić information content (AvgIpc) is 3.30. The van der Waals surface area contributed by atoms with Crippen LogP contribution in [0.15, 0.2) is 54.6 Å². The van der Waals surface area contributed by atoms with E-state index >= 15 is 0 Å². The van der Waals surface area contributed by atoms with Gasteiger partial charge in [-0.15, -0.1) is 0 Å². The second-order valence-electron chi connectivity index (χ2n) is 5.82. The second kappa shape index (κ2) is 5.88. The summed E-state index contributed by atoms with van der Waals surface area (Å²) < 4.78 is 5.78. The van der Waals surface area contributed by atoms with E-state index in [0.717, 1.165) is 17.7 Å². The van der Waals surface area contributed by atoms with E-state index in [0.29, 0.717) is 19.1 Å². The van der Waals surface area contributed by atoms with Crippen LogP contribution in [0, 0.1) is 5.41 Å². The van der Waals surface area contributed by atoms with E-state index in [-0.39, 0.29) is 12.0 Å². The van der Waals surface area contributed by atoms with E-state index in [2.05, 4.69) is 24.3 Å². The fourth-order valence-corrected chi connectivity index (χ4v) is 2.82. The lowest BCUT2D eigenvalue weighted by Crippen LogP contribution is -2.21. The van der Waals surface area contributed by atoms with E-state index in [9.17, 15) is 5.11 Å². The third-order valence-corrected chi connectivity index (χ3v) is 4.44. The molecule has 21 heavy (non-hydrogen) atoms. The number of hydrogen-bond acceptors (Lipinski definition) is 3. The van der Waals surface area contributed by atoms with Gasteiger partial charge in [-0.2, -0.15) is 0 Å². The maximum absolute atomic E-state index is 9.45. The molecule has 2 aromatic rings. The van der Waals surface area contributed by atoms with Gasteiger partial charge in [-0.1, -0.05) is 42.5 Å². The van der Waals surface area contributed by atoms with E-state index in [1.165, 1.54) is 5.56 Å². The number of aliphatic hydroxyl groups excluding tert-OH is 1. The Balaban J connectivity index is 1.60. The number of aliphatic hydroxyl groups is 1. The molecule has 0 heterocycles. The van der Waals surface area contributed by atoms with Crippen molar-refractivity contribution in [1.82, 2.24) is 0 Å². The molecule has 0 aliphatic heterocycles. The summed E-state index contributed by atoms with van der Waals surface area (Å²) in [5, 5.41) is 9.45. The minimum Gasteiger partial charge on any atom is -0.489 e. The van der Waals surface area contributed by atoms with Gasteiger partial charge in [-0.05, 0) is 35.6 Å². The molecule has 1 saturated carbocycles. The molecular weight excluding hydrogens is 262 g/mol. The Hall–Kier alpha value is -1.84. The molecule has 3 rings (SSSR count). The van der Waals surface area contributed by atoms with Crippen molar-refractivity contribution >= 4 is 0 Å². The van der Waals surface area contributed by atoms with Crippen LogP contribution >= 0.6 is 0 Å². The van der Waals surface area contributed by atoms with Crippen LogP contribution in [0.3, 0.4) is 0 Å². The fourth-order valence-electron chi connectivity index (χ4n) is 2.82. The van der Waals surface area contributed by atoms with Crippen molar-refractivity contribution in [2.75, 3.05) is 13.2 Å². The highest BCUT2D eigenvalue weighted by atomic mass is 16.5. The first-order chi connectivity index (χ1) is 10.3. The van der Waals surface area contributed by atoms with Gasteiger partial charge in [0.15, 0.2) is 0 Å². The largest absolute Gasteiger partial charge is 0.489 e. The molecule has 1 aliphatic carbocycles. The summed E-state index contributed by atoms with van der Waals surface area (Å²) >= 11 is 0. The van der Waals surface area contributed by atoms with E-state index in [1.54, 1.807) is 0 Å². The van der Waals surface area contributed by atoms with Crippen molar-refractivity contribution in [3.8, 4) is 5.75 Å². The molecule has 3 heteroatoms. The van der Waals surface area contributed by atoms with Crippen LogP contribution in [-0.2, 0) is 6.61 Å². The van der Waals surface area contributed by atoms with Crippen LogP contribution < -0.4 is 10.5 Å². The van der Waals surface area contributed by atoms with Crippen LogP contribution in [0.2, 0.25) is 0 Å². The number of nitrogens with two attached hydrogens (primary N) is 1. The third-order valence-electron chi connectivity index (χ3n) is 4.44. The second-order valence-corrected chi connectivity index (χ2v) is 5.82. The molecule has 2 unspecified atom stereocenters. The molecular formula is C18H21NO2. The van der Waals surface area contributed by atoms with Crippen molar-refractivity contribution < 1.29 is 9.84 Å². The molecule has 3 N–H and O–H groups in total. The molecule has 3 nitrogen and oxygen atoms in total. The van der Waals surface area contributed by atoms with E-state index in [1.807, 2.05) is 30.3 Å². The Kier molecular flexibility index (Phi) is 3.95. The molecule has 2 atom stereocenters. The van der Waals surface area contributed by atoms with Crippen LogP contribution in [0.5, 0.6) is 5.75 Å². The summed E-state index contributed by atoms with van der Waals surface area (Å²) in [4.78, 5) is 0. The standard InChI is InChI=1S/C18H21NO2/c19-12-18(13-20)10-17(18)15-6-8-16(9-7-15)21-11-14-4-2-1-3-5-14/h1-9,17,20H,10-13,19H2. The maximum Gasteiger partial charge on any atom is 0.119 e. The SMILES string of the molecule is NCC1(CO)CC1c1ccc(OCc2ccccc2)cc1. The van der Waals surface area contributed by atoms with Crippen LogP contribution in [0.1, 0.15) is 23.5 Å². The Morgan fingerprint density at radius 3 is 2.38 bits per heavy atom. The lowest BCUT2D eigenvalue weighted by Gasteiger charge is -2.12. The number of rotatable bonds is 6. The number of hydrogen-bond donors (Lipinski definition) is 2. The van der Waals surface area contributed by atoms with E-state index in [4.69, 9.17) is 10.5 Å². The zero-order valence-corrected chi connectivity index (χ0v) is 12.0. The van der Waals surface area contributed by atoms with Gasteiger partial charge in [-0.25, -0.2) is 0 Å². The van der Waals surface area contributed by atoms with Gasteiger partial charge in [0.05, 0.1) is 6.61 Å². The molecule has 1 fully saturated rings. The zero-order valence-electron chi connectivity index (χ0n) is 12.0. The normalized spacial score (nSPS) is 23.8. The molecule has 0 amide bonds. The number of benzene rings is 2. The highest BCUT2D eigenvalue weighted by Crippen LogP contribution is 2.58. The van der Waals surface area contributed by atoms with Crippen molar-refractivity contribution in [3.05, 3.63) is 65.7 Å². The van der Waals surface area contributed by atoms with Crippen LogP contribution in [-0.4, -0.2) is 18.3 Å². The molecule has 0 saturated heterocycles. The summed E-state index contributed by atoms with van der Waals surface area (Å²) in [6, 6.07) is 18.3. The third kappa shape index (κ3) is 2.94. The van der Waals surface area contributed by atoms with Crippen LogP contribution in [0.25, 0.3) is 0 Å². The number of ether oxygens (including phenoxy) is 1. The van der Waals surface area contributed by atoms with E-state index < -0.39 is 0 Å². The Bertz CT molecular complexity index is 576. The molecule has 2 aromatic carbocycles. The molecule has 0 spiro atoms. The van der Waals surface area contributed by atoms with Gasteiger partial charge in [0.25, 0.3) is 0 Å². The predicted octanol–water partition coefficient (Wildman–Crippen LogP) is 2.69. The highest BCUT2D eigenvalue weighted by molar-refractivity contribution is 5.35. The summed E-state index contributed by atoms with van der Waals surface area (Å²) in [6.07, 6.45) is 0.976. The molecule has 0 aromatic heterocycles. The minimum atomic E-state index is -0.0909. The van der Waals surface area contributed by atoms with Crippen molar-refractivity contribution in [1.29, 1.82) is 0 Å². The smallest absolute Gasteiger partial charge is 0.119 e. The molecule has 0 radical (unpaired) electrons. The Labute approximate surface area is 125 Å². The van der Waals surface area contributed by atoms with Crippen molar-refractivity contribution in [3.63, 3.8) is 0 Å². The maximum atomic E-state index is 9.45. The van der Waals surface area contributed by atoms with Gasteiger partial charge in [0.2, 0.25) is 0 Å². The first-order valence-electron chi connectivity index (χ1n) is 7.35. The topological polar surface area (TPSA) is 55.5 Å². The Morgan fingerprint density at radius 1 is 1.10 bits per heavy atom. The lowest BCUT2D eigenvalue weighted by molar-refractivity contribution is 0.211.